The second-order valence-corrected chi connectivity index (χ2v) is 8.66. The van der Waals surface area contributed by atoms with Crippen molar-refractivity contribution in [1.82, 2.24) is 19.9 Å². The highest BCUT2D eigenvalue weighted by Gasteiger charge is 2.25. The van der Waals surface area contributed by atoms with Crippen molar-refractivity contribution in [3.63, 3.8) is 0 Å². The smallest absolute Gasteiger partial charge is 0.259 e. The van der Waals surface area contributed by atoms with Crippen molar-refractivity contribution in [3.05, 3.63) is 56.7 Å². The highest BCUT2D eigenvalue weighted by molar-refractivity contribution is 7.18. The van der Waals surface area contributed by atoms with E-state index < -0.39 is 0 Å². The molecular formula is C21H26N4O2S. The minimum atomic E-state index is -0.127. The van der Waals surface area contributed by atoms with Crippen molar-refractivity contribution in [2.75, 3.05) is 7.05 Å². The molecule has 0 radical (unpaired) electrons. The Kier molecular flexibility index (Phi) is 5.93. The molecule has 3 rings (SSSR count). The van der Waals surface area contributed by atoms with E-state index in [-0.39, 0.29) is 29.8 Å². The van der Waals surface area contributed by atoms with Crippen LogP contribution in [0, 0.1) is 19.8 Å². The zero-order valence-electron chi connectivity index (χ0n) is 16.9. The third-order valence-corrected chi connectivity index (χ3v) is 6.23. The van der Waals surface area contributed by atoms with Gasteiger partial charge in [-0.05, 0) is 37.0 Å². The molecule has 148 valence electrons. The first kappa shape index (κ1) is 20.2. The molecule has 0 aliphatic heterocycles. The first-order chi connectivity index (χ1) is 13.3. The predicted molar refractivity (Wildman–Crippen MR) is 113 cm³/mol. The lowest BCUT2D eigenvalue weighted by molar-refractivity contribution is -0.133. The second-order valence-electron chi connectivity index (χ2n) is 7.46. The highest BCUT2D eigenvalue weighted by Crippen LogP contribution is 2.28. The third-order valence-electron chi connectivity index (χ3n) is 5.13. The minimum absolute atomic E-state index is 0.0174. The Labute approximate surface area is 168 Å². The summed E-state index contributed by atoms with van der Waals surface area (Å²) in [5.74, 6) is 0.830. The number of hydrogen-bond donors (Lipinski definition) is 1. The van der Waals surface area contributed by atoms with Crippen molar-refractivity contribution < 1.29 is 4.79 Å². The molecular weight excluding hydrogens is 372 g/mol. The Morgan fingerprint density at radius 2 is 2.07 bits per heavy atom. The Balaban J connectivity index is 1.76. The number of carbonyl (C=O) groups is 1. The van der Waals surface area contributed by atoms with Gasteiger partial charge in [-0.25, -0.2) is 4.98 Å². The second kappa shape index (κ2) is 8.22. The summed E-state index contributed by atoms with van der Waals surface area (Å²) in [6.07, 6.45) is 4.23. The van der Waals surface area contributed by atoms with Crippen molar-refractivity contribution in [1.29, 1.82) is 0 Å². The van der Waals surface area contributed by atoms with Gasteiger partial charge in [-0.1, -0.05) is 19.9 Å². The number of fused-ring (bicyclic) bond motifs is 1. The van der Waals surface area contributed by atoms with Gasteiger partial charge >= 0.3 is 0 Å². The number of thiophene rings is 1. The number of hydrogen-bond acceptors (Lipinski definition) is 5. The maximum Gasteiger partial charge on any atom is 0.259 e. The van der Waals surface area contributed by atoms with E-state index in [0.29, 0.717) is 17.6 Å². The molecule has 28 heavy (non-hydrogen) atoms. The van der Waals surface area contributed by atoms with E-state index in [1.807, 2.05) is 39.2 Å². The fraction of sp³-hybridized carbons (Fsp3) is 0.429. The first-order valence-corrected chi connectivity index (χ1v) is 10.3. The Morgan fingerprint density at radius 1 is 1.32 bits per heavy atom. The lowest BCUT2D eigenvalue weighted by Gasteiger charge is -2.31. The number of nitrogens with one attached hydrogen (secondary N) is 1. The molecule has 6 nitrogen and oxygen atoms in total. The maximum absolute atomic E-state index is 12.8. The van der Waals surface area contributed by atoms with Crippen LogP contribution in [0.4, 0.5) is 0 Å². The number of rotatable bonds is 6. The molecule has 7 heteroatoms. The number of carbonyl (C=O) groups excluding carboxylic acids is 1. The summed E-state index contributed by atoms with van der Waals surface area (Å²) in [6, 6.07) is 3.84. The zero-order chi connectivity index (χ0) is 20.4. The van der Waals surface area contributed by atoms with Crippen LogP contribution in [0.25, 0.3) is 10.2 Å². The fourth-order valence-corrected chi connectivity index (χ4v) is 4.63. The Bertz CT molecular complexity index is 1040. The molecule has 1 amide bonds. The molecule has 0 fully saturated rings. The van der Waals surface area contributed by atoms with Crippen LogP contribution in [-0.2, 0) is 11.2 Å². The quantitative estimate of drug-likeness (QED) is 0.685. The number of aryl methyl sites for hydroxylation is 3. The molecule has 0 bridgehead atoms. The third kappa shape index (κ3) is 3.99. The van der Waals surface area contributed by atoms with E-state index in [1.54, 1.807) is 11.1 Å². The summed E-state index contributed by atoms with van der Waals surface area (Å²) >= 11 is 1.52. The summed E-state index contributed by atoms with van der Waals surface area (Å²) in [5, 5.41) is 0.658. The molecule has 0 aliphatic rings. The summed E-state index contributed by atoms with van der Waals surface area (Å²) in [7, 11) is 1.82. The molecule has 0 spiro atoms. The van der Waals surface area contributed by atoms with E-state index in [4.69, 9.17) is 0 Å². The number of aromatic nitrogens is 3. The molecule has 3 heterocycles. The summed E-state index contributed by atoms with van der Waals surface area (Å²) in [5.41, 5.74) is 1.87. The van der Waals surface area contributed by atoms with Crippen molar-refractivity contribution in [3.8, 4) is 0 Å². The molecule has 0 saturated carbocycles. The highest BCUT2D eigenvalue weighted by atomic mass is 32.1. The standard InChI is InChI=1S/C21H26N4O2S/c1-12(2)19(15-7-6-10-22-11-15)25(5)17(26)9-8-16-23-20(27)18-13(3)14(4)28-21(18)24-16/h6-7,10-12,19H,8-9H2,1-5H3,(H,23,24,27)/t19-/m0/s1. The van der Waals surface area contributed by atoms with Gasteiger partial charge in [0.1, 0.15) is 10.7 Å². The van der Waals surface area contributed by atoms with Gasteiger partial charge in [0.2, 0.25) is 5.91 Å². The van der Waals surface area contributed by atoms with Crippen LogP contribution in [0.3, 0.4) is 0 Å². The van der Waals surface area contributed by atoms with Gasteiger partial charge in [-0.2, -0.15) is 0 Å². The number of H-pyrrole nitrogens is 1. The number of aromatic amines is 1. The summed E-state index contributed by atoms with van der Waals surface area (Å²) in [6.45, 7) is 8.11. The monoisotopic (exact) mass is 398 g/mol. The van der Waals surface area contributed by atoms with Crippen LogP contribution in [0.5, 0.6) is 0 Å². The van der Waals surface area contributed by atoms with Crippen molar-refractivity contribution in [2.24, 2.45) is 5.92 Å². The van der Waals surface area contributed by atoms with Gasteiger partial charge in [0.05, 0.1) is 11.4 Å². The van der Waals surface area contributed by atoms with Gasteiger partial charge < -0.3 is 9.88 Å². The zero-order valence-corrected chi connectivity index (χ0v) is 17.8. The largest absolute Gasteiger partial charge is 0.338 e. The van der Waals surface area contributed by atoms with E-state index in [0.717, 1.165) is 20.8 Å². The van der Waals surface area contributed by atoms with E-state index in [1.165, 1.54) is 11.3 Å². The van der Waals surface area contributed by atoms with Crippen LogP contribution >= 0.6 is 11.3 Å². The maximum atomic E-state index is 12.8. The van der Waals surface area contributed by atoms with Gasteiger partial charge in [0, 0.05) is 37.2 Å². The number of pyridine rings is 1. The van der Waals surface area contributed by atoms with E-state index >= 15 is 0 Å². The predicted octanol–water partition coefficient (Wildman–Crippen LogP) is 3.78. The van der Waals surface area contributed by atoms with Gasteiger partial charge in [0.15, 0.2) is 0 Å². The Hall–Kier alpha value is -2.54. The SMILES string of the molecule is Cc1sc2nc(CCC(=O)N(C)[C@H](c3cccnc3)C(C)C)[nH]c(=O)c2c1C. The van der Waals surface area contributed by atoms with Crippen LogP contribution < -0.4 is 5.56 Å². The number of amides is 1. The van der Waals surface area contributed by atoms with E-state index in [9.17, 15) is 9.59 Å². The van der Waals surface area contributed by atoms with Crippen LogP contribution in [0.1, 0.15) is 48.1 Å². The summed E-state index contributed by atoms with van der Waals surface area (Å²) < 4.78 is 0. The molecule has 3 aromatic heterocycles. The molecule has 0 saturated heterocycles. The molecule has 0 aliphatic carbocycles. The normalized spacial score (nSPS) is 12.5. The van der Waals surface area contributed by atoms with Gasteiger partial charge in [0.25, 0.3) is 5.56 Å². The molecule has 3 aromatic rings. The lowest BCUT2D eigenvalue weighted by atomic mass is 9.95. The van der Waals surface area contributed by atoms with E-state index in [2.05, 4.69) is 28.8 Å². The molecule has 0 unspecified atom stereocenters. The fourth-order valence-electron chi connectivity index (χ4n) is 3.58. The van der Waals surface area contributed by atoms with Gasteiger partial charge in [-0.15, -0.1) is 11.3 Å². The topological polar surface area (TPSA) is 79.0 Å². The lowest BCUT2D eigenvalue weighted by Crippen LogP contribution is -2.34. The number of nitrogens with zero attached hydrogens (tertiary/aromatic N) is 3. The Morgan fingerprint density at radius 3 is 2.71 bits per heavy atom. The van der Waals surface area contributed by atoms with Crippen LogP contribution in [0.15, 0.2) is 29.3 Å². The average Bonchev–Trinajstić information content (AvgIpc) is 2.94. The molecule has 1 N–H and O–H groups in total. The van der Waals surface area contributed by atoms with Crippen molar-refractivity contribution >= 4 is 27.5 Å². The van der Waals surface area contributed by atoms with Crippen molar-refractivity contribution in [2.45, 2.75) is 46.6 Å². The van der Waals surface area contributed by atoms with Crippen LogP contribution in [-0.4, -0.2) is 32.8 Å². The van der Waals surface area contributed by atoms with Crippen LogP contribution in [0.2, 0.25) is 0 Å². The molecule has 1 atom stereocenters. The molecule has 0 aromatic carbocycles. The average molecular weight is 399 g/mol. The minimum Gasteiger partial charge on any atom is -0.338 e. The summed E-state index contributed by atoms with van der Waals surface area (Å²) in [4.78, 5) is 40.4. The van der Waals surface area contributed by atoms with Gasteiger partial charge in [-0.3, -0.25) is 14.6 Å². The first-order valence-electron chi connectivity index (χ1n) is 9.44.